The van der Waals surface area contributed by atoms with Gasteiger partial charge in [-0.25, -0.2) is 8.78 Å². The Hall–Kier alpha value is -1.30. The molecule has 0 bridgehead atoms. The summed E-state index contributed by atoms with van der Waals surface area (Å²) in [7, 11) is 0. The summed E-state index contributed by atoms with van der Waals surface area (Å²) in [4.78, 5) is 3.36. The Morgan fingerprint density at radius 1 is 1.64 bits per heavy atom. The van der Waals surface area contributed by atoms with Gasteiger partial charge >= 0.3 is 0 Å². The van der Waals surface area contributed by atoms with Gasteiger partial charge < -0.3 is 0 Å². The van der Waals surface area contributed by atoms with Crippen molar-refractivity contribution in [2.75, 3.05) is 0 Å². The van der Waals surface area contributed by atoms with Crippen LogP contribution in [0.4, 0.5) is 8.78 Å². The Kier molecular flexibility index (Phi) is 3.29. The largest absolute Gasteiger partial charge is 0.297 e. The van der Waals surface area contributed by atoms with Crippen molar-refractivity contribution in [2.45, 2.75) is 13.3 Å². The fraction of sp³-hybridized carbons (Fsp3) is 0.286. The zero-order valence-corrected chi connectivity index (χ0v) is 8.04. The molecule has 14 heavy (non-hydrogen) atoms. The number of hydrogen-bond donors (Lipinski definition) is 0. The lowest BCUT2D eigenvalue weighted by molar-refractivity contribution is 0.138. The van der Waals surface area contributed by atoms with Gasteiger partial charge in [-0.05, 0) is 13.6 Å². The Morgan fingerprint density at radius 2 is 2.29 bits per heavy atom. The van der Waals surface area contributed by atoms with E-state index in [0.717, 1.165) is 4.57 Å². The predicted molar refractivity (Wildman–Crippen MR) is 49.4 cm³/mol. The molecule has 0 aromatic carbocycles. The molecule has 0 aliphatic rings. The van der Waals surface area contributed by atoms with Gasteiger partial charge in [0.25, 0.3) is 6.43 Å². The van der Waals surface area contributed by atoms with Crippen LogP contribution in [0, 0.1) is 6.92 Å². The van der Waals surface area contributed by atoms with E-state index in [1.54, 1.807) is 0 Å². The number of alkyl halides is 2. The highest BCUT2D eigenvalue weighted by Crippen LogP contribution is 2.19. The molecule has 1 aromatic heterocycles. The monoisotopic (exact) mass is 220 g/mol. The number of nitrogens with zero attached hydrogens (tertiary/aromatic N) is 4. The number of aliphatic imine (C=N–C) groups is 1. The van der Waals surface area contributed by atoms with Crippen LogP contribution in [0.1, 0.15) is 18.1 Å². The van der Waals surface area contributed by atoms with Crippen LogP contribution in [0.3, 0.4) is 0 Å². The van der Waals surface area contributed by atoms with Crippen molar-refractivity contribution in [2.24, 2.45) is 4.99 Å². The summed E-state index contributed by atoms with van der Waals surface area (Å²) >= 11 is 5.52. The Morgan fingerprint density at radius 3 is 2.79 bits per heavy atom. The summed E-state index contributed by atoms with van der Waals surface area (Å²) in [5.41, 5.74) is 0. The van der Waals surface area contributed by atoms with E-state index in [1.807, 2.05) is 0 Å². The number of aryl methyl sites for hydroxylation is 1. The van der Waals surface area contributed by atoms with Crippen LogP contribution in [-0.2, 0) is 0 Å². The molecule has 0 unspecified atom stereocenters. The molecule has 76 valence electrons. The van der Waals surface area contributed by atoms with Crippen molar-refractivity contribution in [3.8, 4) is 0 Å². The topological polar surface area (TPSA) is 43.1 Å². The number of aromatic nitrogens is 3. The molecule has 0 aliphatic carbocycles. The molecular weight excluding hydrogens is 214 g/mol. The fourth-order valence-electron chi connectivity index (χ4n) is 0.841. The minimum atomic E-state index is -2.71. The normalized spacial score (nSPS) is 12.2. The van der Waals surface area contributed by atoms with Gasteiger partial charge in [-0.2, -0.15) is 0 Å². The Labute approximate surface area is 83.9 Å². The third-order valence-electron chi connectivity index (χ3n) is 1.47. The molecule has 0 atom stereocenters. The first-order valence-electron chi connectivity index (χ1n) is 3.60. The van der Waals surface area contributed by atoms with Crippen molar-refractivity contribution in [3.63, 3.8) is 0 Å². The summed E-state index contributed by atoms with van der Waals surface area (Å²) < 4.78 is 25.8. The molecule has 0 amide bonds. The van der Waals surface area contributed by atoms with Crippen LogP contribution in [-0.4, -0.2) is 21.5 Å². The Bertz CT molecular complexity index is 372. The molecule has 0 radical (unpaired) electrons. The summed E-state index contributed by atoms with van der Waals surface area (Å²) in [6, 6.07) is 0. The van der Waals surface area contributed by atoms with E-state index in [0.29, 0.717) is 5.82 Å². The molecule has 0 fully saturated rings. The number of rotatable bonds is 3. The Balaban J connectivity index is 3.18. The van der Waals surface area contributed by atoms with Crippen LogP contribution < -0.4 is 0 Å². The van der Waals surface area contributed by atoms with Gasteiger partial charge in [-0.15, -0.1) is 10.2 Å². The average Bonchev–Trinajstić information content (AvgIpc) is 2.48. The standard InChI is InChI=1S/C7H7ClF2N4/c1-4-12-13-7(6(9)10)14(4)3-5(8)11-2/h3,6H,2H2,1H3/b5-3-. The SMILES string of the molecule is C=N/C(Cl)=C\n1c(C)nnc1C(F)F. The highest BCUT2D eigenvalue weighted by Gasteiger charge is 2.16. The second kappa shape index (κ2) is 4.28. The first kappa shape index (κ1) is 10.8. The van der Waals surface area contributed by atoms with E-state index in [1.165, 1.54) is 13.1 Å². The zero-order valence-electron chi connectivity index (χ0n) is 7.28. The highest BCUT2D eigenvalue weighted by molar-refractivity contribution is 6.31. The van der Waals surface area contributed by atoms with E-state index in [4.69, 9.17) is 11.6 Å². The molecule has 0 saturated carbocycles. The maximum atomic E-state index is 12.4. The van der Waals surface area contributed by atoms with Gasteiger partial charge in [-0.1, -0.05) is 11.6 Å². The molecule has 4 nitrogen and oxygen atoms in total. The minimum absolute atomic E-state index is 0.00481. The van der Waals surface area contributed by atoms with Crippen molar-refractivity contribution < 1.29 is 8.78 Å². The maximum absolute atomic E-state index is 12.4. The molecule has 0 saturated heterocycles. The van der Waals surface area contributed by atoms with Crippen LogP contribution in [0.15, 0.2) is 10.1 Å². The quantitative estimate of drug-likeness (QED) is 0.579. The molecule has 0 aliphatic heterocycles. The lowest BCUT2D eigenvalue weighted by atomic mass is 10.6. The smallest absolute Gasteiger partial charge is 0.282 e. The maximum Gasteiger partial charge on any atom is 0.297 e. The zero-order chi connectivity index (χ0) is 10.7. The van der Waals surface area contributed by atoms with Gasteiger partial charge in [-0.3, -0.25) is 9.56 Å². The second-order valence-electron chi connectivity index (χ2n) is 2.39. The van der Waals surface area contributed by atoms with Crippen LogP contribution in [0.2, 0.25) is 0 Å². The van der Waals surface area contributed by atoms with Crippen molar-refractivity contribution >= 4 is 24.5 Å². The molecule has 7 heteroatoms. The van der Waals surface area contributed by atoms with Gasteiger partial charge in [0.1, 0.15) is 11.0 Å². The molecule has 1 aromatic rings. The third-order valence-corrected chi connectivity index (χ3v) is 1.69. The number of halogens is 3. The van der Waals surface area contributed by atoms with Crippen LogP contribution >= 0.6 is 11.6 Å². The highest BCUT2D eigenvalue weighted by atomic mass is 35.5. The molecule has 1 rings (SSSR count). The van der Waals surface area contributed by atoms with E-state index < -0.39 is 12.2 Å². The molecular formula is C7H7ClF2N4. The van der Waals surface area contributed by atoms with Crippen molar-refractivity contribution in [3.05, 3.63) is 16.8 Å². The first-order chi connectivity index (χ1) is 6.56. The summed E-state index contributed by atoms with van der Waals surface area (Å²) in [5.74, 6) is -0.161. The van der Waals surface area contributed by atoms with Gasteiger partial charge in [0, 0.05) is 6.20 Å². The molecule has 0 N–H and O–H groups in total. The minimum Gasteiger partial charge on any atom is -0.282 e. The van der Waals surface area contributed by atoms with Crippen molar-refractivity contribution in [1.82, 2.24) is 14.8 Å². The van der Waals surface area contributed by atoms with E-state index >= 15 is 0 Å². The fourth-order valence-corrected chi connectivity index (χ4v) is 0.939. The summed E-state index contributed by atoms with van der Waals surface area (Å²) in [6.45, 7) is 4.68. The molecule has 1 heterocycles. The van der Waals surface area contributed by atoms with Gasteiger partial charge in [0.05, 0.1) is 0 Å². The lowest BCUT2D eigenvalue weighted by Gasteiger charge is -2.01. The lowest BCUT2D eigenvalue weighted by Crippen LogP contribution is -1.99. The van der Waals surface area contributed by atoms with E-state index in [-0.39, 0.29) is 5.16 Å². The number of hydrogen-bond acceptors (Lipinski definition) is 3. The van der Waals surface area contributed by atoms with Gasteiger partial charge in [0.15, 0.2) is 0 Å². The van der Waals surface area contributed by atoms with Crippen molar-refractivity contribution in [1.29, 1.82) is 0 Å². The summed E-state index contributed by atoms with van der Waals surface area (Å²) in [6.07, 6.45) is -1.52. The average molecular weight is 221 g/mol. The van der Waals surface area contributed by atoms with Crippen LogP contribution in [0.5, 0.6) is 0 Å². The first-order valence-corrected chi connectivity index (χ1v) is 3.97. The predicted octanol–water partition coefficient (Wildman–Crippen LogP) is 2.22. The second-order valence-corrected chi connectivity index (χ2v) is 2.77. The van der Waals surface area contributed by atoms with E-state index in [9.17, 15) is 8.78 Å². The van der Waals surface area contributed by atoms with Crippen LogP contribution in [0.25, 0.3) is 6.20 Å². The molecule has 0 spiro atoms. The van der Waals surface area contributed by atoms with Gasteiger partial charge in [0.2, 0.25) is 5.82 Å². The third kappa shape index (κ3) is 2.14. The summed E-state index contributed by atoms with van der Waals surface area (Å²) in [5, 5.41) is 6.79. The van der Waals surface area contributed by atoms with E-state index in [2.05, 4.69) is 21.9 Å².